The molecule has 0 unspecified atom stereocenters. The molecule has 0 aliphatic rings. The number of aromatic nitrogens is 3. The maximum Gasteiger partial charge on any atom is 0.261 e. The van der Waals surface area contributed by atoms with E-state index in [0.717, 1.165) is 49.3 Å². The van der Waals surface area contributed by atoms with E-state index in [-0.39, 0.29) is 11.4 Å². The van der Waals surface area contributed by atoms with Gasteiger partial charge < -0.3 is 10.2 Å². The van der Waals surface area contributed by atoms with Crippen molar-refractivity contribution in [2.45, 2.75) is 40.0 Å². The number of nitrogens with one attached hydrogen (secondary N) is 2. The van der Waals surface area contributed by atoms with Crippen molar-refractivity contribution < 1.29 is 22.0 Å². The molecular weight excluding hydrogens is 538 g/mol. The summed E-state index contributed by atoms with van der Waals surface area (Å²) in [6, 6.07) is 11.6. The lowest BCUT2D eigenvalue weighted by atomic mass is 10.1. The van der Waals surface area contributed by atoms with Crippen LogP contribution in [-0.4, -0.2) is 47.8 Å². The summed E-state index contributed by atoms with van der Waals surface area (Å²) < 4.78 is 57.1. The van der Waals surface area contributed by atoms with Gasteiger partial charge in [0.2, 0.25) is 10.0 Å². The first kappa shape index (κ1) is 28.9. The molecule has 0 radical (unpaired) electrons. The molecule has 4 aromatic rings. The average molecular weight is 571 g/mol. The van der Waals surface area contributed by atoms with Crippen LogP contribution >= 0.6 is 0 Å². The summed E-state index contributed by atoms with van der Waals surface area (Å²) in [6.07, 6.45) is 5.20. The quantitative estimate of drug-likeness (QED) is 0.226. The molecule has 0 fully saturated rings. The van der Waals surface area contributed by atoms with Crippen LogP contribution in [0.25, 0.3) is 16.9 Å². The van der Waals surface area contributed by atoms with E-state index in [1.165, 1.54) is 16.9 Å². The van der Waals surface area contributed by atoms with Crippen LogP contribution < -0.4 is 14.9 Å². The van der Waals surface area contributed by atoms with Gasteiger partial charge in [-0.05, 0) is 43.5 Å². The Balaban J connectivity index is 1.58. The largest absolute Gasteiger partial charge is 0.372 e. The number of hydrogen-bond acceptors (Lipinski definition) is 6. The second kappa shape index (κ2) is 12.4. The molecule has 12 heteroatoms. The average Bonchev–Trinajstić information content (AvgIpc) is 3.34. The maximum atomic E-state index is 15.0. The minimum Gasteiger partial charge on any atom is -0.372 e. The van der Waals surface area contributed by atoms with Gasteiger partial charge in [-0.3, -0.25) is 9.52 Å². The third-order valence-electron chi connectivity index (χ3n) is 6.12. The highest BCUT2D eigenvalue weighted by molar-refractivity contribution is 7.92. The molecule has 0 aliphatic carbocycles. The summed E-state index contributed by atoms with van der Waals surface area (Å²) in [5.41, 5.74) is 1.91. The van der Waals surface area contributed by atoms with Crippen molar-refractivity contribution in [3.63, 3.8) is 0 Å². The maximum absolute atomic E-state index is 15.0. The van der Waals surface area contributed by atoms with Gasteiger partial charge >= 0.3 is 0 Å². The van der Waals surface area contributed by atoms with Gasteiger partial charge in [0, 0.05) is 30.4 Å². The Kier molecular flexibility index (Phi) is 8.98. The standard InChI is InChI=1S/C28H32F2N6O3S/c1-4-12-35(13-5-2)21-9-7-8-19(15-21)24-16-25-31-17-20(18-36(25)33-24)32-28(37)26-22(29)10-11-23(27(26)30)34-40(38,39)14-6-3/h7-11,15-18,34H,4-6,12-14H2,1-3H3,(H,32,37). The molecule has 0 spiro atoms. The number of sulfonamides is 1. The fourth-order valence-corrected chi connectivity index (χ4v) is 5.51. The highest BCUT2D eigenvalue weighted by Gasteiger charge is 2.23. The van der Waals surface area contributed by atoms with Crippen LogP contribution in [0.4, 0.5) is 25.8 Å². The first-order valence-corrected chi connectivity index (χ1v) is 14.8. The van der Waals surface area contributed by atoms with Crippen molar-refractivity contribution in [3.8, 4) is 11.3 Å². The van der Waals surface area contributed by atoms with E-state index in [1.54, 1.807) is 13.0 Å². The molecule has 0 saturated heterocycles. The molecule has 2 aromatic heterocycles. The van der Waals surface area contributed by atoms with Gasteiger partial charge in [0.15, 0.2) is 11.5 Å². The second-order valence-corrected chi connectivity index (χ2v) is 11.2. The normalized spacial score (nSPS) is 11.5. The summed E-state index contributed by atoms with van der Waals surface area (Å²) in [5.74, 6) is -3.79. The van der Waals surface area contributed by atoms with Crippen molar-refractivity contribution in [1.82, 2.24) is 14.6 Å². The van der Waals surface area contributed by atoms with E-state index in [2.05, 4.69) is 51.0 Å². The summed E-state index contributed by atoms with van der Waals surface area (Å²) in [6.45, 7) is 7.83. The predicted octanol–water partition coefficient (Wildman–Crippen LogP) is 5.70. The molecule has 9 nitrogen and oxygen atoms in total. The summed E-state index contributed by atoms with van der Waals surface area (Å²) in [4.78, 5) is 19.5. The van der Waals surface area contributed by atoms with Gasteiger partial charge in [0.1, 0.15) is 11.4 Å². The number of nitrogens with zero attached hydrogens (tertiary/aromatic N) is 4. The summed E-state index contributed by atoms with van der Waals surface area (Å²) in [5, 5.41) is 7.00. The Morgan fingerprint density at radius 2 is 1.77 bits per heavy atom. The van der Waals surface area contributed by atoms with E-state index in [1.807, 2.05) is 12.1 Å². The highest BCUT2D eigenvalue weighted by Crippen LogP contribution is 2.26. The Hall–Kier alpha value is -4.06. The fourth-order valence-electron chi connectivity index (χ4n) is 4.37. The Morgan fingerprint density at radius 1 is 1.02 bits per heavy atom. The molecule has 2 aromatic carbocycles. The zero-order valence-electron chi connectivity index (χ0n) is 22.6. The van der Waals surface area contributed by atoms with Crippen molar-refractivity contribution in [2.24, 2.45) is 0 Å². The lowest BCUT2D eigenvalue weighted by molar-refractivity contribution is 0.101. The third kappa shape index (κ3) is 6.56. The molecule has 4 rings (SSSR count). The van der Waals surface area contributed by atoms with E-state index < -0.39 is 38.8 Å². The second-order valence-electron chi connectivity index (χ2n) is 9.37. The van der Waals surface area contributed by atoms with Crippen molar-refractivity contribution in [3.05, 3.63) is 72.1 Å². The molecular formula is C28H32F2N6O3S. The van der Waals surface area contributed by atoms with Gasteiger partial charge in [-0.1, -0.05) is 32.9 Å². The van der Waals surface area contributed by atoms with Gasteiger partial charge in [0.05, 0.1) is 35.2 Å². The third-order valence-corrected chi connectivity index (χ3v) is 7.60. The zero-order valence-corrected chi connectivity index (χ0v) is 23.4. The molecule has 2 N–H and O–H groups in total. The Labute approximate surface area is 232 Å². The molecule has 212 valence electrons. The lowest BCUT2D eigenvalue weighted by Gasteiger charge is -2.24. The monoisotopic (exact) mass is 570 g/mol. The number of rotatable bonds is 12. The van der Waals surface area contributed by atoms with Gasteiger partial charge in [0.25, 0.3) is 5.91 Å². The number of anilines is 3. The minimum atomic E-state index is -3.85. The molecule has 0 atom stereocenters. The predicted molar refractivity (Wildman–Crippen MR) is 153 cm³/mol. The van der Waals surface area contributed by atoms with E-state index >= 15 is 4.39 Å². The summed E-state index contributed by atoms with van der Waals surface area (Å²) >= 11 is 0. The van der Waals surface area contributed by atoms with Crippen molar-refractivity contribution >= 4 is 38.6 Å². The Bertz CT molecular complexity index is 1620. The first-order valence-electron chi connectivity index (χ1n) is 13.2. The molecule has 2 heterocycles. The van der Waals surface area contributed by atoms with Crippen LogP contribution in [0.2, 0.25) is 0 Å². The van der Waals surface area contributed by atoms with Gasteiger partial charge in [-0.25, -0.2) is 26.7 Å². The number of halogens is 2. The smallest absolute Gasteiger partial charge is 0.261 e. The number of benzene rings is 2. The van der Waals surface area contributed by atoms with E-state index in [9.17, 15) is 17.6 Å². The number of carbonyl (C=O) groups excluding carboxylic acids is 1. The topological polar surface area (TPSA) is 109 Å². The summed E-state index contributed by atoms with van der Waals surface area (Å²) in [7, 11) is -3.85. The van der Waals surface area contributed by atoms with Gasteiger partial charge in [-0.15, -0.1) is 0 Å². The van der Waals surface area contributed by atoms with Crippen LogP contribution in [0.3, 0.4) is 0 Å². The van der Waals surface area contributed by atoms with Crippen molar-refractivity contribution in [2.75, 3.05) is 33.8 Å². The van der Waals surface area contributed by atoms with Crippen LogP contribution in [0.15, 0.2) is 54.9 Å². The zero-order chi connectivity index (χ0) is 28.9. The van der Waals surface area contributed by atoms with E-state index in [0.29, 0.717) is 17.8 Å². The van der Waals surface area contributed by atoms with Crippen molar-refractivity contribution in [1.29, 1.82) is 0 Å². The number of carbonyl (C=O) groups is 1. The number of amides is 1. The fraction of sp³-hybridized carbons (Fsp3) is 0.321. The molecule has 0 bridgehead atoms. The SMILES string of the molecule is CCCN(CCC)c1cccc(-c2cc3ncc(NC(=O)c4c(F)ccc(NS(=O)(=O)CCC)c4F)cn3n2)c1. The highest BCUT2D eigenvalue weighted by atomic mass is 32.2. The van der Waals surface area contributed by atoms with Crippen LogP contribution in [0.1, 0.15) is 50.4 Å². The number of fused-ring (bicyclic) bond motifs is 1. The van der Waals surface area contributed by atoms with Crippen LogP contribution in [0, 0.1) is 11.6 Å². The van der Waals surface area contributed by atoms with Crippen LogP contribution in [-0.2, 0) is 10.0 Å². The molecule has 0 saturated carbocycles. The Morgan fingerprint density at radius 3 is 2.48 bits per heavy atom. The molecule has 1 amide bonds. The lowest BCUT2D eigenvalue weighted by Crippen LogP contribution is -2.24. The van der Waals surface area contributed by atoms with Gasteiger partial charge in [-0.2, -0.15) is 5.10 Å². The minimum absolute atomic E-state index is 0.147. The van der Waals surface area contributed by atoms with E-state index in [4.69, 9.17) is 0 Å². The first-order chi connectivity index (χ1) is 19.2. The molecule has 40 heavy (non-hydrogen) atoms. The van der Waals surface area contributed by atoms with Crippen LogP contribution in [0.5, 0.6) is 0 Å². The number of hydrogen-bond donors (Lipinski definition) is 2. The molecule has 0 aliphatic heterocycles.